The molecule has 0 N–H and O–H groups in total. The van der Waals surface area contributed by atoms with Crippen LogP contribution in [-0.4, -0.2) is 17.4 Å². The molecule has 0 aromatic heterocycles. The Labute approximate surface area is 214 Å². The summed E-state index contributed by atoms with van der Waals surface area (Å²) in [6.07, 6.45) is 0.336. The Morgan fingerprint density at radius 2 is 1.53 bits per heavy atom. The zero-order valence-corrected chi connectivity index (χ0v) is 21.9. The molecule has 36 heavy (non-hydrogen) atoms. The van der Waals surface area contributed by atoms with Crippen molar-refractivity contribution in [2.24, 2.45) is 0 Å². The average molecular weight is 520 g/mol. The van der Waals surface area contributed by atoms with Gasteiger partial charge in [-0.15, -0.1) is 0 Å². The fourth-order valence-electron chi connectivity index (χ4n) is 4.02. The number of hydrogen-bond donors (Lipinski definition) is 0. The number of hydrogen-bond acceptors (Lipinski definition) is 1. The van der Waals surface area contributed by atoms with E-state index in [2.05, 4.69) is 20.8 Å². The van der Waals surface area contributed by atoms with E-state index in [-0.39, 0.29) is 30.8 Å². The molecule has 0 aliphatic rings. The Balaban J connectivity index is 1.96. The van der Waals surface area contributed by atoms with Gasteiger partial charge in [-0.3, -0.25) is 4.79 Å². The van der Waals surface area contributed by atoms with Crippen molar-refractivity contribution in [3.63, 3.8) is 0 Å². The maximum Gasteiger partial charge on any atom is 0.254 e. The normalized spacial score (nSPS) is 11.6. The van der Waals surface area contributed by atoms with Crippen LogP contribution in [0, 0.1) is 30.2 Å². The number of rotatable bonds is 7. The molecular formula is C29H30ClF4NO. The second-order valence-corrected chi connectivity index (χ2v) is 10.4. The molecule has 0 heterocycles. The first-order valence-electron chi connectivity index (χ1n) is 11.8. The first-order valence-corrected chi connectivity index (χ1v) is 12.2. The molecule has 3 rings (SSSR count). The zero-order valence-electron chi connectivity index (χ0n) is 21.1. The molecule has 7 heteroatoms. The molecule has 0 radical (unpaired) electrons. The number of benzene rings is 3. The van der Waals surface area contributed by atoms with Crippen LogP contribution in [0.5, 0.6) is 0 Å². The van der Waals surface area contributed by atoms with E-state index in [1.54, 1.807) is 18.2 Å². The molecule has 192 valence electrons. The maximum atomic E-state index is 14.6. The highest BCUT2D eigenvalue weighted by atomic mass is 35.5. The van der Waals surface area contributed by atoms with Gasteiger partial charge in [-0.05, 0) is 60.1 Å². The van der Waals surface area contributed by atoms with Crippen molar-refractivity contribution >= 4 is 17.5 Å². The lowest BCUT2D eigenvalue weighted by atomic mass is 9.87. The Morgan fingerprint density at radius 3 is 2.11 bits per heavy atom. The Morgan fingerprint density at radius 1 is 0.889 bits per heavy atom. The van der Waals surface area contributed by atoms with E-state index in [0.717, 1.165) is 23.6 Å². The van der Waals surface area contributed by atoms with Crippen molar-refractivity contribution in [3.8, 4) is 0 Å². The summed E-state index contributed by atoms with van der Waals surface area (Å²) in [7, 11) is 0. The van der Waals surface area contributed by atoms with Crippen LogP contribution in [-0.2, 0) is 24.8 Å². The molecule has 0 saturated heterocycles. The summed E-state index contributed by atoms with van der Waals surface area (Å²) in [5.41, 5.74) is 1.91. The third-order valence-electron chi connectivity index (χ3n) is 6.30. The molecule has 3 aromatic carbocycles. The minimum absolute atomic E-state index is 0.0506. The zero-order chi connectivity index (χ0) is 26.8. The number of carbonyl (C=O) groups is 1. The second-order valence-electron chi connectivity index (χ2n) is 9.98. The molecule has 0 saturated carbocycles. The van der Waals surface area contributed by atoms with Gasteiger partial charge in [0.2, 0.25) is 0 Å². The van der Waals surface area contributed by atoms with Gasteiger partial charge in [-0.25, -0.2) is 17.6 Å². The van der Waals surface area contributed by atoms with Crippen LogP contribution in [0.4, 0.5) is 17.6 Å². The average Bonchev–Trinajstić information content (AvgIpc) is 2.84. The summed E-state index contributed by atoms with van der Waals surface area (Å²) in [6, 6.07) is 12.8. The number of amides is 1. The highest BCUT2D eigenvalue weighted by Crippen LogP contribution is 2.26. The van der Waals surface area contributed by atoms with E-state index in [9.17, 15) is 22.4 Å². The van der Waals surface area contributed by atoms with Crippen LogP contribution in [0.3, 0.4) is 0 Å². The van der Waals surface area contributed by atoms with Gasteiger partial charge in [-0.2, -0.15) is 0 Å². The van der Waals surface area contributed by atoms with Crippen molar-refractivity contribution in [2.45, 2.75) is 59.4 Å². The largest absolute Gasteiger partial charge is 0.334 e. The summed E-state index contributed by atoms with van der Waals surface area (Å²) < 4.78 is 56.8. The third-order valence-corrected chi connectivity index (χ3v) is 6.52. The molecule has 1 amide bonds. The summed E-state index contributed by atoms with van der Waals surface area (Å²) in [6.45, 7) is 9.30. The van der Waals surface area contributed by atoms with Crippen molar-refractivity contribution in [1.29, 1.82) is 0 Å². The molecule has 0 unspecified atom stereocenters. The summed E-state index contributed by atoms with van der Waals surface area (Å²) >= 11 is 6.21. The van der Waals surface area contributed by atoms with Gasteiger partial charge in [0.1, 0.15) is 5.82 Å². The topological polar surface area (TPSA) is 20.3 Å². The van der Waals surface area contributed by atoms with Crippen molar-refractivity contribution in [2.75, 3.05) is 6.54 Å². The van der Waals surface area contributed by atoms with E-state index in [1.807, 2.05) is 31.2 Å². The van der Waals surface area contributed by atoms with Gasteiger partial charge in [0.05, 0.1) is 0 Å². The first-order chi connectivity index (χ1) is 16.8. The minimum atomic E-state index is -1.72. The highest BCUT2D eigenvalue weighted by molar-refractivity contribution is 6.31. The van der Waals surface area contributed by atoms with Gasteiger partial charge in [-0.1, -0.05) is 63.6 Å². The summed E-state index contributed by atoms with van der Waals surface area (Å²) in [4.78, 5) is 15.0. The molecular weight excluding hydrogens is 490 g/mol. The fourth-order valence-corrected chi connectivity index (χ4v) is 4.28. The van der Waals surface area contributed by atoms with Gasteiger partial charge in [0.15, 0.2) is 17.5 Å². The highest BCUT2D eigenvalue weighted by Gasteiger charge is 2.25. The van der Waals surface area contributed by atoms with Crippen molar-refractivity contribution in [1.82, 2.24) is 4.90 Å². The molecule has 0 atom stereocenters. The Bertz CT molecular complexity index is 1240. The number of aryl methyl sites for hydroxylation is 1. The van der Waals surface area contributed by atoms with E-state index < -0.39 is 34.4 Å². The Hall–Kier alpha value is -2.86. The van der Waals surface area contributed by atoms with Crippen LogP contribution in [0.2, 0.25) is 5.02 Å². The summed E-state index contributed by atoms with van der Waals surface area (Å²) in [5.74, 6) is -6.38. The van der Waals surface area contributed by atoms with E-state index >= 15 is 0 Å². The first kappa shape index (κ1) is 27.7. The molecule has 0 bridgehead atoms. The monoisotopic (exact) mass is 519 g/mol. The number of carbonyl (C=O) groups excluding carboxylic acids is 1. The van der Waals surface area contributed by atoms with Crippen LogP contribution in [0.1, 0.15) is 65.9 Å². The van der Waals surface area contributed by atoms with Crippen LogP contribution >= 0.6 is 11.6 Å². The number of nitrogens with zero attached hydrogens (tertiary/aromatic N) is 1. The number of halogens is 5. The molecule has 0 spiro atoms. The molecule has 0 aliphatic carbocycles. The predicted molar refractivity (Wildman–Crippen MR) is 135 cm³/mol. The Kier molecular flexibility index (Phi) is 8.50. The van der Waals surface area contributed by atoms with E-state index in [1.165, 1.54) is 4.90 Å². The molecule has 0 aliphatic heterocycles. The third kappa shape index (κ3) is 6.09. The van der Waals surface area contributed by atoms with Gasteiger partial charge in [0.25, 0.3) is 5.91 Å². The fraction of sp³-hybridized carbons (Fsp3) is 0.345. The van der Waals surface area contributed by atoms with Crippen LogP contribution < -0.4 is 0 Å². The van der Waals surface area contributed by atoms with E-state index in [0.29, 0.717) is 17.0 Å². The van der Waals surface area contributed by atoms with Crippen molar-refractivity contribution < 1.29 is 22.4 Å². The second kappa shape index (κ2) is 11.0. The lowest BCUT2D eigenvalue weighted by Crippen LogP contribution is -2.33. The van der Waals surface area contributed by atoms with Crippen LogP contribution in [0.15, 0.2) is 42.5 Å². The molecule has 2 nitrogen and oxygen atoms in total. The standard InChI is InChI=1S/C29H30ClF4NO/c1-6-18-13-20(15-22(30)14-18)28(36)35(16-19-7-9-21(10-8-19)29(3,4)5)12-11-23-24(31)17(2)25(32)27(34)26(23)33/h7-10,13-15H,6,11-12,16H2,1-5H3. The lowest BCUT2D eigenvalue weighted by Gasteiger charge is -2.25. The minimum Gasteiger partial charge on any atom is -0.334 e. The molecule has 0 fully saturated rings. The predicted octanol–water partition coefficient (Wildman–Crippen LogP) is 7.95. The van der Waals surface area contributed by atoms with E-state index in [4.69, 9.17) is 11.6 Å². The SMILES string of the molecule is CCc1cc(Cl)cc(C(=O)N(CCc2c(F)c(C)c(F)c(F)c2F)Cc2ccc(C(C)(C)C)cc2)c1. The summed E-state index contributed by atoms with van der Waals surface area (Å²) in [5, 5.41) is 0.403. The van der Waals surface area contributed by atoms with Crippen molar-refractivity contribution in [3.05, 3.63) is 104 Å². The maximum absolute atomic E-state index is 14.6. The van der Waals surface area contributed by atoms with Gasteiger partial charge >= 0.3 is 0 Å². The van der Waals surface area contributed by atoms with Gasteiger partial charge in [0, 0.05) is 34.8 Å². The van der Waals surface area contributed by atoms with Crippen LogP contribution in [0.25, 0.3) is 0 Å². The van der Waals surface area contributed by atoms with Gasteiger partial charge < -0.3 is 4.90 Å². The molecule has 3 aromatic rings. The smallest absolute Gasteiger partial charge is 0.254 e. The lowest BCUT2D eigenvalue weighted by molar-refractivity contribution is 0.0744. The quantitative estimate of drug-likeness (QED) is 0.176.